The molecule has 0 saturated carbocycles. The molecule has 2 aromatic rings. The van der Waals surface area contributed by atoms with Crippen molar-refractivity contribution in [3.05, 3.63) is 34.7 Å². The lowest BCUT2D eigenvalue weighted by molar-refractivity contribution is 0.618. The number of hydrogen-bond acceptors (Lipinski definition) is 2. The molecule has 2 rings (SSSR count). The predicted molar refractivity (Wildman–Crippen MR) is 73.5 cm³/mol. The van der Waals surface area contributed by atoms with E-state index in [0.29, 0.717) is 5.92 Å². The number of thiophene rings is 1. The van der Waals surface area contributed by atoms with Gasteiger partial charge in [-0.25, -0.2) is 0 Å². The Bertz CT molecular complexity index is 473. The van der Waals surface area contributed by atoms with Crippen molar-refractivity contribution in [1.29, 1.82) is 0 Å². The van der Waals surface area contributed by atoms with Gasteiger partial charge in [0, 0.05) is 22.0 Å². The highest BCUT2D eigenvalue weighted by Gasteiger charge is 2.15. The summed E-state index contributed by atoms with van der Waals surface area (Å²) >= 11 is 1.96. The van der Waals surface area contributed by atoms with E-state index < -0.39 is 0 Å². The summed E-state index contributed by atoms with van der Waals surface area (Å²) in [7, 11) is 2.03. The number of aryl methyl sites for hydroxylation is 1. The Morgan fingerprint density at radius 3 is 2.69 bits per heavy atom. The van der Waals surface area contributed by atoms with Crippen molar-refractivity contribution in [3.8, 4) is 0 Å². The molecule has 1 nitrogen and oxygen atoms in total. The standard InChI is InChI=1S/C14H19NS/c1-4-11(9-15-3)14-10(2)12-7-5-6-8-13(12)16-14/h5-8,11,15H,4,9H2,1-3H3. The maximum atomic E-state index is 3.30. The smallest absolute Gasteiger partial charge is 0.0348 e. The second-order valence-electron chi connectivity index (χ2n) is 4.25. The molecule has 16 heavy (non-hydrogen) atoms. The van der Waals surface area contributed by atoms with Crippen molar-refractivity contribution in [3.63, 3.8) is 0 Å². The van der Waals surface area contributed by atoms with Crippen LogP contribution in [0.2, 0.25) is 0 Å². The Hall–Kier alpha value is -0.860. The van der Waals surface area contributed by atoms with Crippen molar-refractivity contribution < 1.29 is 0 Å². The van der Waals surface area contributed by atoms with Crippen LogP contribution in [0.5, 0.6) is 0 Å². The first-order valence-electron chi connectivity index (χ1n) is 5.90. The highest BCUT2D eigenvalue weighted by molar-refractivity contribution is 7.19. The molecule has 1 aromatic heterocycles. The molecule has 0 saturated heterocycles. The average Bonchev–Trinajstić information content (AvgIpc) is 2.64. The molecule has 0 radical (unpaired) electrons. The van der Waals surface area contributed by atoms with E-state index in [4.69, 9.17) is 0 Å². The third kappa shape index (κ3) is 2.00. The summed E-state index contributed by atoms with van der Waals surface area (Å²) in [6.07, 6.45) is 1.20. The summed E-state index contributed by atoms with van der Waals surface area (Å²) in [6.45, 7) is 5.60. The fraction of sp³-hybridized carbons (Fsp3) is 0.429. The van der Waals surface area contributed by atoms with E-state index in [2.05, 4.69) is 43.4 Å². The quantitative estimate of drug-likeness (QED) is 0.844. The molecule has 2 heteroatoms. The van der Waals surface area contributed by atoms with Crippen molar-refractivity contribution in [2.45, 2.75) is 26.2 Å². The summed E-state index contributed by atoms with van der Waals surface area (Å²) in [5.74, 6) is 0.655. The SMILES string of the molecule is CCC(CNC)c1sc2ccccc2c1C. The monoisotopic (exact) mass is 233 g/mol. The Balaban J connectivity index is 2.47. The van der Waals surface area contributed by atoms with E-state index in [1.54, 1.807) is 4.88 Å². The first-order chi connectivity index (χ1) is 7.77. The summed E-state index contributed by atoms with van der Waals surface area (Å²) < 4.78 is 1.42. The molecule has 0 fully saturated rings. The van der Waals surface area contributed by atoms with E-state index in [-0.39, 0.29) is 0 Å². The van der Waals surface area contributed by atoms with Crippen molar-refractivity contribution in [1.82, 2.24) is 5.32 Å². The van der Waals surface area contributed by atoms with Crippen LogP contribution in [0.15, 0.2) is 24.3 Å². The molecule has 1 aromatic carbocycles. The first kappa shape index (κ1) is 11.6. The van der Waals surface area contributed by atoms with Crippen LogP contribution in [0.1, 0.15) is 29.7 Å². The molecule has 0 aliphatic carbocycles. The van der Waals surface area contributed by atoms with Gasteiger partial charge in [-0.1, -0.05) is 25.1 Å². The normalized spacial score (nSPS) is 13.2. The molecule has 0 spiro atoms. The van der Waals surface area contributed by atoms with Gasteiger partial charge in [0.2, 0.25) is 0 Å². The Morgan fingerprint density at radius 2 is 2.06 bits per heavy atom. The highest BCUT2D eigenvalue weighted by atomic mass is 32.1. The Morgan fingerprint density at radius 1 is 1.31 bits per heavy atom. The largest absolute Gasteiger partial charge is 0.319 e. The van der Waals surface area contributed by atoms with Gasteiger partial charge in [0.15, 0.2) is 0 Å². The van der Waals surface area contributed by atoms with E-state index in [1.165, 1.54) is 22.1 Å². The molecule has 1 atom stereocenters. The lowest BCUT2D eigenvalue weighted by atomic mass is 10.00. The first-order valence-corrected chi connectivity index (χ1v) is 6.72. The van der Waals surface area contributed by atoms with E-state index in [0.717, 1.165) is 6.54 Å². The fourth-order valence-corrected chi connectivity index (χ4v) is 3.65. The minimum atomic E-state index is 0.655. The Kier molecular flexibility index (Phi) is 3.62. The summed E-state index contributed by atoms with van der Waals surface area (Å²) in [5.41, 5.74) is 1.47. The van der Waals surface area contributed by atoms with Crippen LogP contribution in [0.25, 0.3) is 10.1 Å². The van der Waals surface area contributed by atoms with Gasteiger partial charge in [-0.3, -0.25) is 0 Å². The number of benzene rings is 1. The van der Waals surface area contributed by atoms with Gasteiger partial charge in [-0.05, 0) is 37.4 Å². The summed E-state index contributed by atoms with van der Waals surface area (Å²) in [5, 5.41) is 4.72. The van der Waals surface area contributed by atoms with Gasteiger partial charge >= 0.3 is 0 Å². The number of likely N-dealkylation sites (N-methyl/N-ethyl adjacent to an activating group) is 1. The van der Waals surface area contributed by atoms with Crippen LogP contribution in [0.4, 0.5) is 0 Å². The van der Waals surface area contributed by atoms with E-state index in [1.807, 2.05) is 18.4 Å². The number of nitrogens with one attached hydrogen (secondary N) is 1. The third-order valence-electron chi connectivity index (χ3n) is 3.19. The van der Waals surface area contributed by atoms with Crippen molar-refractivity contribution in [2.75, 3.05) is 13.6 Å². The number of rotatable bonds is 4. The molecule has 1 unspecified atom stereocenters. The molecule has 0 aliphatic heterocycles. The molecule has 1 heterocycles. The molecule has 0 bridgehead atoms. The lowest BCUT2D eigenvalue weighted by Crippen LogP contribution is -2.16. The lowest BCUT2D eigenvalue weighted by Gasteiger charge is -2.13. The second-order valence-corrected chi connectivity index (χ2v) is 5.33. The van der Waals surface area contributed by atoms with Gasteiger partial charge < -0.3 is 5.32 Å². The van der Waals surface area contributed by atoms with Gasteiger partial charge in [-0.2, -0.15) is 0 Å². The number of fused-ring (bicyclic) bond motifs is 1. The predicted octanol–water partition coefficient (Wildman–Crippen LogP) is 3.92. The molecular formula is C14H19NS. The Labute approximate surface area is 101 Å². The van der Waals surface area contributed by atoms with Gasteiger partial charge in [-0.15, -0.1) is 11.3 Å². The van der Waals surface area contributed by atoms with Gasteiger partial charge in [0.1, 0.15) is 0 Å². The topological polar surface area (TPSA) is 12.0 Å². The van der Waals surface area contributed by atoms with E-state index >= 15 is 0 Å². The maximum absolute atomic E-state index is 3.30. The zero-order valence-corrected chi connectivity index (χ0v) is 11.0. The third-order valence-corrected chi connectivity index (χ3v) is 4.63. The van der Waals surface area contributed by atoms with E-state index in [9.17, 15) is 0 Å². The summed E-state index contributed by atoms with van der Waals surface area (Å²) in [4.78, 5) is 1.55. The van der Waals surface area contributed by atoms with Crippen LogP contribution in [-0.2, 0) is 0 Å². The fourth-order valence-electron chi connectivity index (χ4n) is 2.25. The molecule has 1 N–H and O–H groups in total. The summed E-state index contributed by atoms with van der Waals surface area (Å²) in [6, 6.07) is 8.71. The van der Waals surface area contributed by atoms with Gasteiger partial charge in [0.25, 0.3) is 0 Å². The second kappa shape index (κ2) is 4.98. The van der Waals surface area contributed by atoms with Gasteiger partial charge in [0.05, 0.1) is 0 Å². The molecule has 86 valence electrons. The van der Waals surface area contributed by atoms with Crippen LogP contribution in [0, 0.1) is 6.92 Å². The maximum Gasteiger partial charge on any atom is 0.0348 e. The van der Waals surface area contributed by atoms with Crippen LogP contribution in [0.3, 0.4) is 0 Å². The minimum absolute atomic E-state index is 0.655. The van der Waals surface area contributed by atoms with Crippen molar-refractivity contribution in [2.24, 2.45) is 0 Å². The van der Waals surface area contributed by atoms with Crippen LogP contribution >= 0.6 is 11.3 Å². The molecule has 0 amide bonds. The zero-order chi connectivity index (χ0) is 11.5. The van der Waals surface area contributed by atoms with Crippen molar-refractivity contribution >= 4 is 21.4 Å². The average molecular weight is 233 g/mol. The highest BCUT2D eigenvalue weighted by Crippen LogP contribution is 2.36. The van der Waals surface area contributed by atoms with Crippen LogP contribution < -0.4 is 5.32 Å². The minimum Gasteiger partial charge on any atom is -0.319 e. The number of hydrogen-bond donors (Lipinski definition) is 1. The molecular weight excluding hydrogens is 214 g/mol. The van der Waals surface area contributed by atoms with Crippen LogP contribution in [-0.4, -0.2) is 13.6 Å². The molecule has 0 aliphatic rings. The zero-order valence-electron chi connectivity index (χ0n) is 10.2.